The van der Waals surface area contributed by atoms with E-state index in [0.717, 1.165) is 16.5 Å². The second kappa shape index (κ2) is 5.03. The molecular formula is C11H14BrNO3. The molecule has 5 heteroatoms. The van der Waals surface area contributed by atoms with Crippen molar-refractivity contribution in [3.05, 3.63) is 22.2 Å². The molecule has 0 saturated carbocycles. The number of hydrogen-bond donors (Lipinski definition) is 2. The van der Waals surface area contributed by atoms with Crippen LogP contribution in [0.2, 0.25) is 0 Å². The molecule has 0 aliphatic carbocycles. The summed E-state index contributed by atoms with van der Waals surface area (Å²) in [6, 6.07) is 3.26. The number of fused-ring (bicyclic) bond motifs is 1. The van der Waals surface area contributed by atoms with Crippen molar-refractivity contribution in [2.45, 2.75) is 12.5 Å². The molecule has 1 aromatic rings. The van der Waals surface area contributed by atoms with Gasteiger partial charge in [0.2, 0.25) is 0 Å². The molecule has 4 nitrogen and oxygen atoms in total. The zero-order valence-corrected chi connectivity index (χ0v) is 10.4. The topological polar surface area (TPSA) is 64.7 Å². The van der Waals surface area contributed by atoms with Crippen LogP contribution in [0.15, 0.2) is 16.6 Å². The Morgan fingerprint density at radius 2 is 2.00 bits per heavy atom. The van der Waals surface area contributed by atoms with Crippen molar-refractivity contribution in [2.24, 2.45) is 5.73 Å². The number of nitrogens with two attached hydrogens (primary N) is 1. The zero-order chi connectivity index (χ0) is 11.5. The van der Waals surface area contributed by atoms with E-state index < -0.39 is 6.04 Å². The predicted molar refractivity (Wildman–Crippen MR) is 63.8 cm³/mol. The summed E-state index contributed by atoms with van der Waals surface area (Å²) in [5.74, 6) is 1.33. The Morgan fingerprint density at radius 3 is 2.69 bits per heavy atom. The molecule has 0 fully saturated rings. The standard InChI is InChI=1S/C11H14BrNO3/c12-8-3-2-7(9(13)6-14)10-11(8)16-5-1-4-15-10/h2-3,9,14H,1,4-6,13H2. The first kappa shape index (κ1) is 11.7. The third-order valence-electron chi connectivity index (χ3n) is 2.47. The number of ether oxygens (including phenoxy) is 2. The Bertz CT molecular complexity index is 384. The minimum atomic E-state index is -0.441. The van der Waals surface area contributed by atoms with Crippen LogP contribution in [0.3, 0.4) is 0 Å². The molecule has 88 valence electrons. The van der Waals surface area contributed by atoms with E-state index in [0.29, 0.717) is 24.7 Å². The fourth-order valence-corrected chi connectivity index (χ4v) is 2.06. The van der Waals surface area contributed by atoms with Crippen LogP contribution in [0.25, 0.3) is 0 Å². The van der Waals surface area contributed by atoms with Crippen LogP contribution in [-0.4, -0.2) is 24.9 Å². The van der Waals surface area contributed by atoms with Crippen LogP contribution in [0, 0.1) is 0 Å². The molecule has 0 amide bonds. The van der Waals surface area contributed by atoms with Crippen LogP contribution < -0.4 is 15.2 Å². The number of rotatable bonds is 2. The van der Waals surface area contributed by atoms with Gasteiger partial charge in [-0.25, -0.2) is 0 Å². The van der Waals surface area contributed by atoms with Crippen molar-refractivity contribution in [1.29, 1.82) is 0 Å². The summed E-state index contributed by atoms with van der Waals surface area (Å²) in [6.07, 6.45) is 0.842. The van der Waals surface area contributed by atoms with Crippen molar-refractivity contribution in [3.63, 3.8) is 0 Å². The third-order valence-corrected chi connectivity index (χ3v) is 3.10. The molecule has 0 aromatic heterocycles. The maximum Gasteiger partial charge on any atom is 0.175 e. The van der Waals surface area contributed by atoms with Gasteiger partial charge in [0.1, 0.15) is 0 Å². The summed E-state index contributed by atoms with van der Waals surface area (Å²) in [7, 11) is 0. The molecule has 2 rings (SSSR count). The van der Waals surface area contributed by atoms with E-state index in [1.54, 1.807) is 0 Å². The normalized spacial score (nSPS) is 16.7. The second-order valence-electron chi connectivity index (χ2n) is 3.63. The molecule has 0 radical (unpaired) electrons. The van der Waals surface area contributed by atoms with Gasteiger partial charge in [-0.05, 0) is 22.0 Å². The lowest BCUT2D eigenvalue weighted by Crippen LogP contribution is -2.16. The van der Waals surface area contributed by atoms with Crippen LogP contribution in [0.1, 0.15) is 18.0 Å². The van der Waals surface area contributed by atoms with Gasteiger partial charge in [0.05, 0.1) is 30.3 Å². The third kappa shape index (κ3) is 2.16. The maximum atomic E-state index is 9.10. The van der Waals surface area contributed by atoms with Crippen LogP contribution in [-0.2, 0) is 0 Å². The highest BCUT2D eigenvalue weighted by atomic mass is 79.9. The molecule has 1 aliphatic rings. The van der Waals surface area contributed by atoms with E-state index in [4.69, 9.17) is 20.3 Å². The van der Waals surface area contributed by atoms with E-state index >= 15 is 0 Å². The molecule has 1 aliphatic heterocycles. The van der Waals surface area contributed by atoms with Gasteiger partial charge in [-0.15, -0.1) is 0 Å². The summed E-state index contributed by atoms with van der Waals surface area (Å²) in [6.45, 7) is 1.12. The van der Waals surface area contributed by atoms with E-state index in [1.165, 1.54) is 0 Å². The minimum Gasteiger partial charge on any atom is -0.489 e. The first-order valence-corrected chi connectivity index (χ1v) is 5.97. The number of benzene rings is 1. The van der Waals surface area contributed by atoms with Gasteiger partial charge in [0.15, 0.2) is 11.5 Å². The Hall–Kier alpha value is -0.780. The van der Waals surface area contributed by atoms with Crippen LogP contribution >= 0.6 is 15.9 Å². The largest absolute Gasteiger partial charge is 0.489 e. The number of aliphatic hydroxyl groups is 1. The lowest BCUT2D eigenvalue weighted by atomic mass is 10.1. The molecule has 0 spiro atoms. The van der Waals surface area contributed by atoms with Gasteiger partial charge in [-0.1, -0.05) is 6.07 Å². The lowest BCUT2D eigenvalue weighted by molar-refractivity contribution is 0.260. The highest BCUT2D eigenvalue weighted by molar-refractivity contribution is 9.10. The van der Waals surface area contributed by atoms with Gasteiger partial charge < -0.3 is 20.3 Å². The first-order valence-electron chi connectivity index (χ1n) is 5.18. The summed E-state index contributed by atoms with van der Waals surface area (Å²) in [5, 5.41) is 9.10. The van der Waals surface area contributed by atoms with Gasteiger partial charge in [-0.3, -0.25) is 0 Å². The molecule has 1 atom stereocenters. The monoisotopic (exact) mass is 287 g/mol. The Labute approximate surface area is 102 Å². The second-order valence-corrected chi connectivity index (χ2v) is 4.49. The Morgan fingerprint density at radius 1 is 1.31 bits per heavy atom. The molecule has 1 aromatic carbocycles. The smallest absolute Gasteiger partial charge is 0.175 e. The van der Waals surface area contributed by atoms with Crippen molar-refractivity contribution in [2.75, 3.05) is 19.8 Å². The molecular weight excluding hydrogens is 274 g/mol. The average Bonchev–Trinajstić information content (AvgIpc) is 2.55. The fraction of sp³-hybridized carbons (Fsp3) is 0.455. The summed E-state index contributed by atoms with van der Waals surface area (Å²) in [4.78, 5) is 0. The van der Waals surface area contributed by atoms with Crippen molar-refractivity contribution in [1.82, 2.24) is 0 Å². The quantitative estimate of drug-likeness (QED) is 0.867. The molecule has 1 heterocycles. The van der Waals surface area contributed by atoms with E-state index in [1.807, 2.05) is 12.1 Å². The molecule has 0 saturated heterocycles. The molecule has 16 heavy (non-hydrogen) atoms. The minimum absolute atomic E-state index is 0.114. The molecule has 0 bridgehead atoms. The summed E-state index contributed by atoms with van der Waals surface area (Å²) in [5.41, 5.74) is 6.60. The Kier molecular flexibility index (Phi) is 3.68. The number of aliphatic hydroxyl groups excluding tert-OH is 1. The predicted octanol–water partition coefficient (Wildman–Crippen LogP) is 1.60. The summed E-state index contributed by atoms with van der Waals surface area (Å²) >= 11 is 3.41. The van der Waals surface area contributed by atoms with Crippen LogP contribution in [0.5, 0.6) is 11.5 Å². The molecule has 1 unspecified atom stereocenters. The van der Waals surface area contributed by atoms with E-state index in [-0.39, 0.29) is 6.61 Å². The number of halogens is 1. The summed E-state index contributed by atoms with van der Waals surface area (Å²) < 4.78 is 12.1. The first-order chi connectivity index (χ1) is 7.74. The van der Waals surface area contributed by atoms with E-state index in [9.17, 15) is 0 Å². The van der Waals surface area contributed by atoms with Crippen molar-refractivity contribution >= 4 is 15.9 Å². The highest BCUT2D eigenvalue weighted by Gasteiger charge is 2.20. The van der Waals surface area contributed by atoms with Crippen molar-refractivity contribution in [3.8, 4) is 11.5 Å². The number of hydrogen-bond acceptors (Lipinski definition) is 4. The van der Waals surface area contributed by atoms with Gasteiger partial charge in [0, 0.05) is 12.0 Å². The average molecular weight is 288 g/mol. The van der Waals surface area contributed by atoms with E-state index in [2.05, 4.69) is 15.9 Å². The van der Waals surface area contributed by atoms with Crippen LogP contribution in [0.4, 0.5) is 0 Å². The van der Waals surface area contributed by atoms with Gasteiger partial charge in [-0.2, -0.15) is 0 Å². The fourth-order valence-electron chi connectivity index (χ4n) is 1.63. The Balaban J connectivity index is 2.47. The molecule has 3 N–H and O–H groups in total. The zero-order valence-electron chi connectivity index (χ0n) is 8.78. The SMILES string of the molecule is NC(CO)c1ccc(Br)c2c1OCCCO2. The lowest BCUT2D eigenvalue weighted by Gasteiger charge is -2.17. The van der Waals surface area contributed by atoms with Gasteiger partial charge in [0.25, 0.3) is 0 Å². The maximum absolute atomic E-state index is 9.10. The van der Waals surface area contributed by atoms with Crippen molar-refractivity contribution < 1.29 is 14.6 Å². The highest BCUT2D eigenvalue weighted by Crippen LogP contribution is 2.41. The van der Waals surface area contributed by atoms with Gasteiger partial charge >= 0.3 is 0 Å².